The Hall–Kier alpha value is -5.90. The second kappa shape index (κ2) is 10.1. The summed E-state index contributed by atoms with van der Waals surface area (Å²) in [6, 6.07) is 11.9. The van der Waals surface area contributed by atoms with Crippen molar-refractivity contribution in [3.8, 4) is 17.2 Å². The van der Waals surface area contributed by atoms with Crippen molar-refractivity contribution >= 4 is 40.7 Å². The van der Waals surface area contributed by atoms with E-state index in [2.05, 4.69) is 12.0 Å². The number of nitrogens with one attached hydrogen (secondary N) is 1. The van der Waals surface area contributed by atoms with Gasteiger partial charge in [-0.15, -0.1) is 0 Å². The topological polar surface area (TPSA) is 142 Å². The van der Waals surface area contributed by atoms with Gasteiger partial charge in [0.15, 0.2) is 11.6 Å². The lowest BCUT2D eigenvalue weighted by Gasteiger charge is -2.32. The van der Waals surface area contributed by atoms with Crippen LogP contribution in [-0.4, -0.2) is 47.2 Å². The third kappa shape index (κ3) is 3.81. The number of carbonyl (C=O) groups excluding carboxylic acids is 4. The number of phenols is 2. The number of rotatable bonds is 5. The Morgan fingerprint density at radius 3 is 2.40 bits per heavy atom. The summed E-state index contributed by atoms with van der Waals surface area (Å²) in [6.45, 7) is 5.24. The summed E-state index contributed by atoms with van der Waals surface area (Å²) in [5.74, 6) is -3.50. The van der Waals surface area contributed by atoms with Gasteiger partial charge in [0.05, 0.1) is 35.1 Å². The molecule has 10 heteroatoms. The fraction of sp³-hybridized carbons (Fsp3) is 0.143. The number of aromatic hydroxyl groups is 2. The summed E-state index contributed by atoms with van der Waals surface area (Å²) in [5.41, 5.74) is 3.57. The Morgan fingerprint density at radius 2 is 1.69 bits per heavy atom. The van der Waals surface area contributed by atoms with Crippen LogP contribution in [0.5, 0.6) is 17.2 Å². The van der Waals surface area contributed by atoms with Gasteiger partial charge in [-0.2, -0.15) is 0 Å². The third-order valence-corrected chi connectivity index (χ3v) is 8.59. The van der Waals surface area contributed by atoms with Crippen molar-refractivity contribution in [1.82, 2.24) is 5.43 Å². The lowest BCUT2D eigenvalue weighted by atomic mass is 9.71. The van der Waals surface area contributed by atoms with Gasteiger partial charge in [0.2, 0.25) is 5.78 Å². The Kier molecular flexibility index (Phi) is 6.26. The summed E-state index contributed by atoms with van der Waals surface area (Å²) in [5, 5.41) is 24.6. The fourth-order valence-electron chi connectivity index (χ4n) is 6.52. The minimum Gasteiger partial charge on any atom is -0.507 e. The highest BCUT2D eigenvalue weighted by atomic mass is 16.5. The summed E-state index contributed by atoms with van der Waals surface area (Å²) in [4.78, 5) is 56.2. The first-order valence-electron chi connectivity index (χ1n) is 14.2. The standard InChI is InChI=1S/C35H26N2O8/c1-4-12-45-22-14-21-26(29(38)16(22)2)33(42)28-27(30(21)39)32(41)25-20(34(28)44-3)11-10-17-13-18-15-36-37(19-8-6-5-7-9-19)35(43)24(18)31(40)23(17)25/h4-9,13-15,36,38,40H,1,10-12H2,2-3H3. The highest BCUT2D eigenvalue weighted by molar-refractivity contribution is 6.48. The number of ketones is 3. The van der Waals surface area contributed by atoms with Crippen LogP contribution in [-0.2, 0) is 16.0 Å². The Bertz CT molecular complexity index is 2140. The van der Waals surface area contributed by atoms with E-state index in [9.17, 15) is 29.4 Å². The summed E-state index contributed by atoms with van der Waals surface area (Å²) in [7, 11) is 1.33. The molecule has 3 N–H and O–H groups in total. The number of anilines is 1. The van der Waals surface area contributed by atoms with Crippen LogP contribution in [0.3, 0.4) is 0 Å². The largest absolute Gasteiger partial charge is 0.507 e. The molecule has 3 aliphatic carbocycles. The first-order chi connectivity index (χ1) is 21.7. The number of phenolic OH excluding ortho intramolecular Hbond substituents is 2. The van der Waals surface area contributed by atoms with E-state index in [1.807, 2.05) is 6.07 Å². The number of hydrogen-bond donors (Lipinski definition) is 3. The fourth-order valence-corrected chi connectivity index (χ4v) is 6.52. The molecule has 7 rings (SSSR count). The number of benzene rings is 3. The van der Waals surface area contributed by atoms with Crippen LogP contribution in [0.2, 0.25) is 0 Å². The second-order valence-corrected chi connectivity index (χ2v) is 11.0. The molecule has 45 heavy (non-hydrogen) atoms. The van der Waals surface area contributed by atoms with Gasteiger partial charge < -0.3 is 19.7 Å². The quantitative estimate of drug-likeness (QED) is 0.297. The zero-order chi connectivity index (χ0) is 31.7. The highest BCUT2D eigenvalue weighted by Gasteiger charge is 2.47. The number of para-hydroxylation sites is 1. The first kappa shape index (κ1) is 27.9. The van der Waals surface area contributed by atoms with Crippen molar-refractivity contribution in [2.24, 2.45) is 0 Å². The minimum atomic E-state index is -0.794. The van der Waals surface area contributed by atoms with Crippen molar-refractivity contribution in [1.29, 1.82) is 0 Å². The number of hydrazine groups is 1. The number of nitrogens with zero attached hydrogens (tertiary/aromatic N) is 1. The van der Waals surface area contributed by atoms with Crippen LogP contribution in [0.4, 0.5) is 5.69 Å². The molecule has 0 aromatic heterocycles. The van der Waals surface area contributed by atoms with Crippen molar-refractivity contribution in [3.05, 3.63) is 116 Å². The molecule has 3 aromatic rings. The molecule has 0 atom stereocenters. The van der Waals surface area contributed by atoms with Gasteiger partial charge in [0.1, 0.15) is 29.6 Å². The SMILES string of the molecule is C=CCOc1cc2c(c(O)c1C)C(=O)C1=C(C(=O)C3=c4c(cc5c(c4O)C(=O)N(c4ccccc4)NC=5)CCC3=C1OC)C2=O. The van der Waals surface area contributed by atoms with Gasteiger partial charge in [0.25, 0.3) is 5.91 Å². The Labute approximate surface area is 256 Å². The van der Waals surface area contributed by atoms with E-state index in [-0.39, 0.29) is 63.2 Å². The highest BCUT2D eigenvalue weighted by Crippen LogP contribution is 2.46. The number of Topliss-reactive ketones (excluding diaryl/α,β-unsaturated/α-hetero) is 3. The molecular formula is C35H26N2O8. The van der Waals surface area contributed by atoms with Crippen molar-refractivity contribution in [2.45, 2.75) is 19.8 Å². The van der Waals surface area contributed by atoms with Crippen LogP contribution < -0.4 is 25.6 Å². The number of aryl methyl sites for hydroxylation is 1. The molecule has 1 heterocycles. The molecule has 0 radical (unpaired) electrons. The maximum absolute atomic E-state index is 14.4. The lowest BCUT2D eigenvalue weighted by molar-refractivity contribution is -0.110. The summed E-state index contributed by atoms with van der Waals surface area (Å²) in [6.07, 6.45) is 3.71. The van der Waals surface area contributed by atoms with E-state index >= 15 is 0 Å². The van der Waals surface area contributed by atoms with Gasteiger partial charge in [-0.05, 0) is 49.6 Å². The van der Waals surface area contributed by atoms with Gasteiger partial charge in [-0.25, -0.2) is 5.01 Å². The second-order valence-electron chi connectivity index (χ2n) is 11.0. The van der Waals surface area contributed by atoms with Crippen LogP contribution in [0.15, 0.2) is 77.6 Å². The third-order valence-electron chi connectivity index (χ3n) is 8.59. The Morgan fingerprint density at radius 1 is 0.933 bits per heavy atom. The monoisotopic (exact) mass is 602 g/mol. The van der Waals surface area contributed by atoms with Gasteiger partial charge in [-0.1, -0.05) is 30.9 Å². The Balaban J connectivity index is 1.46. The number of allylic oxidation sites excluding steroid dienone is 3. The molecule has 3 aromatic carbocycles. The van der Waals surface area contributed by atoms with Gasteiger partial charge >= 0.3 is 0 Å². The number of ether oxygens (including phenoxy) is 2. The average molecular weight is 603 g/mol. The molecule has 1 amide bonds. The van der Waals surface area contributed by atoms with Crippen molar-refractivity contribution in [2.75, 3.05) is 18.7 Å². The molecule has 0 saturated heterocycles. The lowest BCUT2D eigenvalue weighted by Crippen LogP contribution is -2.48. The van der Waals surface area contributed by atoms with Crippen molar-refractivity contribution < 1.29 is 38.9 Å². The molecule has 10 nitrogen and oxygen atoms in total. The summed E-state index contributed by atoms with van der Waals surface area (Å²) < 4.78 is 11.3. The molecule has 0 fully saturated rings. The smallest absolute Gasteiger partial charge is 0.281 e. The van der Waals surface area contributed by atoms with Crippen molar-refractivity contribution in [3.63, 3.8) is 0 Å². The predicted molar refractivity (Wildman–Crippen MR) is 163 cm³/mol. The maximum atomic E-state index is 14.4. The first-order valence-corrected chi connectivity index (χ1v) is 14.2. The summed E-state index contributed by atoms with van der Waals surface area (Å²) >= 11 is 0. The van der Waals surface area contributed by atoms with Crippen LogP contribution in [0.25, 0.3) is 11.8 Å². The average Bonchev–Trinajstić information content (AvgIpc) is 3.04. The number of carbonyl (C=O) groups is 4. The molecule has 0 bridgehead atoms. The minimum absolute atomic E-state index is 0.00573. The maximum Gasteiger partial charge on any atom is 0.281 e. The van der Waals surface area contributed by atoms with E-state index in [1.54, 1.807) is 43.5 Å². The van der Waals surface area contributed by atoms with Gasteiger partial charge in [-0.3, -0.25) is 24.6 Å². The van der Waals surface area contributed by atoms with Gasteiger partial charge in [0, 0.05) is 38.9 Å². The number of methoxy groups -OCH3 is 1. The number of hydrogen-bond acceptors (Lipinski definition) is 9. The zero-order valence-electron chi connectivity index (χ0n) is 24.3. The van der Waals surface area contributed by atoms with E-state index in [0.29, 0.717) is 28.5 Å². The molecule has 1 aliphatic heterocycles. The van der Waals surface area contributed by atoms with E-state index in [0.717, 1.165) is 0 Å². The molecule has 0 saturated carbocycles. The predicted octanol–water partition coefficient (Wildman–Crippen LogP) is 2.83. The van der Waals surface area contributed by atoms with E-state index in [4.69, 9.17) is 9.47 Å². The molecular weight excluding hydrogens is 576 g/mol. The molecule has 224 valence electrons. The van der Waals surface area contributed by atoms with E-state index in [1.165, 1.54) is 24.3 Å². The van der Waals surface area contributed by atoms with Crippen LogP contribution >= 0.6 is 0 Å². The van der Waals surface area contributed by atoms with E-state index < -0.39 is 40.3 Å². The van der Waals surface area contributed by atoms with Crippen LogP contribution in [0.1, 0.15) is 48.6 Å². The number of fused-ring (bicyclic) bond motifs is 4. The normalized spacial score (nSPS) is 16.7. The molecule has 0 unspecified atom stereocenters. The number of amides is 1. The molecule has 0 spiro atoms. The molecule has 4 aliphatic rings. The van der Waals surface area contributed by atoms with Crippen LogP contribution in [0, 0.1) is 6.92 Å². The zero-order valence-corrected chi connectivity index (χ0v) is 24.3.